The van der Waals surface area contributed by atoms with Gasteiger partial charge < -0.3 is 9.84 Å². The highest BCUT2D eigenvalue weighted by molar-refractivity contribution is 5.32. The first-order valence-corrected chi connectivity index (χ1v) is 7.18. The van der Waals surface area contributed by atoms with Gasteiger partial charge in [-0.05, 0) is 61.6 Å². The summed E-state index contributed by atoms with van der Waals surface area (Å²) in [6.45, 7) is 2.86. The largest absolute Gasteiger partial charge is 0.494 e. The van der Waals surface area contributed by atoms with Crippen LogP contribution in [0.4, 0.5) is 0 Å². The standard InChI is InChI=1S/C16H22O2/c1-2-9-18-15-7-5-13(6-8-15)16(17)11-12-3-4-14(16)10-12/h5-8,12,14,17H,2-4,9-11H2,1H3. The average Bonchev–Trinajstić information content (AvgIpc) is 2.97. The lowest BCUT2D eigenvalue weighted by Crippen LogP contribution is -2.32. The molecule has 2 heteroatoms. The molecule has 2 aliphatic carbocycles. The van der Waals surface area contributed by atoms with Gasteiger partial charge in [-0.25, -0.2) is 0 Å². The van der Waals surface area contributed by atoms with Gasteiger partial charge in [0.1, 0.15) is 5.75 Å². The Bertz CT molecular complexity index is 412. The Morgan fingerprint density at radius 3 is 2.61 bits per heavy atom. The molecule has 98 valence electrons. The fourth-order valence-electron chi connectivity index (χ4n) is 3.71. The van der Waals surface area contributed by atoms with Crippen LogP contribution in [0.25, 0.3) is 0 Å². The van der Waals surface area contributed by atoms with E-state index in [1.54, 1.807) is 0 Å². The van der Waals surface area contributed by atoms with Crippen molar-refractivity contribution in [1.29, 1.82) is 0 Å². The molecule has 0 heterocycles. The Kier molecular flexibility index (Phi) is 3.06. The number of aliphatic hydroxyl groups is 1. The van der Waals surface area contributed by atoms with Crippen molar-refractivity contribution < 1.29 is 9.84 Å². The number of benzene rings is 1. The number of fused-ring (bicyclic) bond motifs is 2. The molecule has 0 spiro atoms. The number of hydrogen-bond donors (Lipinski definition) is 1. The molecule has 0 radical (unpaired) electrons. The van der Waals surface area contributed by atoms with Crippen LogP contribution in [0, 0.1) is 11.8 Å². The molecule has 2 aliphatic rings. The quantitative estimate of drug-likeness (QED) is 0.881. The molecule has 0 aliphatic heterocycles. The smallest absolute Gasteiger partial charge is 0.119 e. The van der Waals surface area contributed by atoms with Crippen molar-refractivity contribution in [2.24, 2.45) is 11.8 Å². The molecule has 0 saturated heterocycles. The van der Waals surface area contributed by atoms with Gasteiger partial charge in [0.25, 0.3) is 0 Å². The maximum absolute atomic E-state index is 10.9. The summed E-state index contributed by atoms with van der Waals surface area (Å²) < 4.78 is 5.59. The molecular formula is C16H22O2. The van der Waals surface area contributed by atoms with Gasteiger partial charge in [0.2, 0.25) is 0 Å². The molecule has 1 aromatic carbocycles. The normalized spacial score (nSPS) is 33.9. The zero-order valence-electron chi connectivity index (χ0n) is 11.1. The van der Waals surface area contributed by atoms with E-state index in [-0.39, 0.29) is 0 Å². The second kappa shape index (κ2) is 4.58. The predicted octanol–water partition coefficient (Wildman–Crippen LogP) is 3.48. The van der Waals surface area contributed by atoms with E-state index in [4.69, 9.17) is 4.74 Å². The zero-order valence-corrected chi connectivity index (χ0v) is 11.1. The number of hydrogen-bond acceptors (Lipinski definition) is 2. The minimum absolute atomic E-state index is 0.477. The van der Waals surface area contributed by atoms with Crippen LogP contribution in [-0.4, -0.2) is 11.7 Å². The summed E-state index contributed by atoms with van der Waals surface area (Å²) in [7, 11) is 0. The summed E-state index contributed by atoms with van der Waals surface area (Å²) in [6.07, 6.45) is 5.69. The van der Waals surface area contributed by atoms with Crippen molar-refractivity contribution >= 4 is 0 Å². The molecule has 2 nitrogen and oxygen atoms in total. The molecule has 2 fully saturated rings. The van der Waals surface area contributed by atoms with Crippen molar-refractivity contribution in [2.45, 2.75) is 44.6 Å². The van der Waals surface area contributed by atoms with Crippen LogP contribution in [0.15, 0.2) is 24.3 Å². The molecule has 18 heavy (non-hydrogen) atoms. The van der Waals surface area contributed by atoms with E-state index in [1.165, 1.54) is 19.3 Å². The van der Waals surface area contributed by atoms with E-state index in [0.29, 0.717) is 5.92 Å². The molecule has 0 amide bonds. The molecule has 2 saturated carbocycles. The lowest BCUT2D eigenvalue weighted by molar-refractivity contribution is -0.0182. The summed E-state index contributed by atoms with van der Waals surface area (Å²) in [5.74, 6) is 2.13. The molecular weight excluding hydrogens is 224 g/mol. The first-order chi connectivity index (χ1) is 8.72. The maximum atomic E-state index is 10.9. The van der Waals surface area contributed by atoms with Crippen LogP contribution in [0.2, 0.25) is 0 Å². The third kappa shape index (κ3) is 1.93. The van der Waals surface area contributed by atoms with E-state index in [1.807, 2.05) is 24.3 Å². The topological polar surface area (TPSA) is 29.5 Å². The minimum Gasteiger partial charge on any atom is -0.494 e. The van der Waals surface area contributed by atoms with Gasteiger partial charge in [0.15, 0.2) is 0 Å². The summed E-state index contributed by atoms with van der Waals surface area (Å²) in [5, 5.41) is 10.9. The highest BCUT2D eigenvalue weighted by Gasteiger charge is 2.50. The third-order valence-electron chi connectivity index (χ3n) is 4.64. The fraction of sp³-hybridized carbons (Fsp3) is 0.625. The molecule has 3 rings (SSSR count). The first-order valence-electron chi connectivity index (χ1n) is 7.18. The van der Waals surface area contributed by atoms with Gasteiger partial charge in [-0.3, -0.25) is 0 Å². The Labute approximate surface area is 109 Å². The van der Waals surface area contributed by atoms with Crippen molar-refractivity contribution in [2.75, 3.05) is 6.61 Å². The van der Waals surface area contributed by atoms with E-state index in [2.05, 4.69) is 6.92 Å². The molecule has 2 bridgehead atoms. The predicted molar refractivity (Wildman–Crippen MR) is 71.6 cm³/mol. The summed E-state index contributed by atoms with van der Waals surface area (Å²) in [6, 6.07) is 8.08. The highest BCUT2D eigenvalue weighted by atomic mass is 16.5. The van der Waals surface area contributed by atoms with Gasteiger partial charge in [-0.1, -0.05) is 19.1 Å². The first kappa shape index (κ1) is 12.0. The Morgan fingerprint density at radius 2 is 2.06 bits per heavy atom. The van der Waals surface area contributed by atoms with Crippen molar-refractivity contribution in [3.05, 3.63) is 29.8 Å². The molecule has 3 unspecified atom stereocenters. The summed E-state index contributed by atoms with van der Waals surface area (Å²) in [5.41, 5.74) is 0.519. The van der Waals surface area contributed by atoms with E-state index < -0.39 is 5.60 Å². The maximum Gasteiger partial charge on any atom is 0.119 e. The SMILES string of the molecule is CCCOc1ccc(C2(O)CC3CCC2C3)cc1. The van der Waals surface area contributed by atoms with Crippen LogP contribution >= 0.6 is 0 Å². The van der Waals surface area contributed by atoms with Crippen LogP contribution in [0.3, 0.4) is 0 Å². The van der Waals surface area contributed by atoms with Gasteiger partial charge >= 0.3 is 0 Å². The van der Waals surface area contributed by atoms with Crippen molar-refractivity contribution in [3.63, 3.8) is 0 Å². The second-order valence-corrected chi connectivity index (χ2v) is 5.88. The molecule has 0 aromatic heterocycles. The molecule has 1 aromatic rings. The van der Waals surface area contributed by atoms with Crippen molar-refractivity contribution in [1.82, 2.24) is 0 Å². The summed E-state index contributed by atoms with van der Waals surface area (Å²) in [4.78, 5) is 0. The summed E-state index contributed by atoms with van der Waals surface area (Å²) >= 11 is 0. The Hall–Kier alpha value is -1.02. The monoisotopic (exact) mass is 246 g/mol. The van der Waals surface area contributed by atoms with Crippen LogP contribution in [-0.2, 0) is 5.60 Å². The van der Waals surface area contributed by atoms with Crippen molar-refractivity contribution in [3.8, 4) is 5.75 Å². The lowest BCUT2D eigenvalue weighted by atomic mass is 9.79. The lowest BCUT2D eigenvalue weighted by Gasteiger charge is -2.33. The van der Waals surface area contributed by atoms with E-state index in [0.717, 1.165) is 36.7 Å². The number of ether oxygens (including phenoxy) is 1. The average molecular weight is 246 g/mol. The van der Waals surface area contributed by atoms with Gasteiger partial charge in [-0.15, -0.1) is 0 Å². The minimum atomic E-state index is -0.563. The Balaban J connectivity index is 1.76. The van der Waals surface area contributed by atoms with Gasteiger partial charge in [0.05, 0.1) is 12.2 Å². The van der Waals surface area contributed by atoms with Gasteiger partial charge in [0, 0.05) is 0 Å². The van der Waals surface area contributed by atoms with Gasteiger partial charge in [-0.2, -0.15) is 0 Å². The fourth-order valence-corrected chi connectivity index (χ4v) is 3.71. The Morgan fingerprint density at radius 1 is 1.28 bits per heavy atom. The second-order valence-electron chi connectivity index (χ2n) is 5.88. The number of rotatable bonds is 4. The highest BCUT2D eigenvalue weighted by Crippen LogP contribution is 2.55. The van der Waals surface area contributed by atoms with Crippen LogP contribution in [0.5, 0.6) is 5.75 Å². The van der Waals surface area contributed by atoms with Crippen LogP contribution in [0.1, 0.15) is 44.6 Å². The molecule has 1 N–H and O–H groups in total. The van der Waals surface area contributed by atoms with Crippen LogP contribution < -0.4 is 4.74 Å². The molecule has 3 atom stereocenters. The zero-order chi connectivity index (χ0) is 12.6. The third-order valence-corrected chi connectivity index (χ3v) is 4.64. The van der Waals surface area contributed by atoms with E-state index in [9.17, 15) is 5.11 Å². The van der Waals surface area contributed by atoms with E-state index >= 15 is 0 Å².